The molecule has 23 heavy (non-hydrogen) atoms. The lowest BCUT2D eigenvalue weighted by molar-refractivity contribution is -0.123. The first-order valence-electron chi connectivity index (χ1n) is 6.92. The molecule has 1 N–H and O–H groups in total. The van der Waals surface area contributed by atoms with E-state index in [4.69, 9.17) is 27.9 Å². The Bertz CT molecular complexity index is 705. The predicted molar refractivity (Wildman–Crippen MR) is 93.6 cm³/mol. The van der Waals surface area contributed by atoms with Crippen LogP contribution in [-0.2, 0) is 4.79 Å². The molecular weight excluding hydrogens is 335 g/mol. The Morgan fingerprint density at radius 2 is 1.78 bits per heavy atom. The minimum atomic E-state index is -0.372. The highest BCUT2D eigenvalue weighted by atomic mass is 35.5. The van der Waals surface area contributed by atoms with Crippen molar-refractivity contribution in [2.45, 2.75) is 13.8 Å². The summed E-state index contributed by atoms with van der Waals surface area (Å²) in [6.45, 7) is 3.81. The van der Waals surface area contributed by atoms with Crippen LogP contribution in [-0.4, -0.2) is 18.7 Å². The third-order valence-corrected chi connectivity index (χ3v) is 3.61. The number of benzene rings is 2. The van der Waals surface area contributed by atoms with E-state index >= 15 is 0 Å². The smallest absolute Gasteiger partial charge is 0.277 e. The maximum atomic E-state index is 11.7. The van der Waals surface area contributed by atoms with Gasteiger partial charge in [-0.1, -0.05) is 35.3 Å². The molecule has 0 bridgehead atoms. The molecule has 0 aliphatic heterocycles. The molecule has 0 fully saturated rings. The van der Waals surface area contributed by atoms with Gasteiger partial charge in [0.2, 0.25) is 0 Å². The summed E-state index contributed by atoms with van der Waals surface area (Å²) in [6, 6.07) is 10.9. The normalized spacial score (nSPS) is 10.8. The summed E-state index contributed by atoms with van der Waals surface area (Å²) < 4.78 is 5.44. The van der Waals surface area contributed by atoms with E-state index in [2.05, 4.69) is 10.5 Å². The number of ether oxygens (including phenoxy) is 1. The van der Waals surface area contributed by atoms with Crippen molar-refractivity contribution in [3.05, 3.63) is 63.1 Å². The fourth-order valence-corrected chi connectivity index (χ4v) is 2.50. The van der Waals surface area contributed by atoms with Gasteiger partial charge in [0.05, 0.1) is 16.3 Å². The Balaban J connectivity index is 1.89. The molecule has 2 rings (SSSR count). The first kappa shape index (κ1) is 17.3. The average molecular weight is 351 g/mol. The molecule has 120 valence electrons. The third-order valence-electron chi connectivity index (χ3n) is 2.95. The third kappa shape index (κ3) is 5.27. The second kappa shape index (κ2) is 7.99. The van der Waals surface area contributed by atoms with Gasteiger partial charge in [-0.25, -0.2) is 5.43 Å². The van der Waals surface area contributed by atoms with Crippen LogP contribution in [0, 0.1) is 13.8 Å². The number of nitrogens with zero attached hydrogens (tertiary/aromatic N) is 1. The zero-order valence-electron chi connectivity index (χ0n) is 12.8. The number of hydrogen-bond acceptors (Lipinski definition) is 3. The van der Waals surface area contributed by atoms with E-state index in [0.29, 0.717) is 21.4 Å². The lowest BCUT2D eigenvalue weighted by atomic mass is 10.1. The van der Waals surface area contributed by atoms with E-state index in [-0.39, 0.29) is 12.5 Å². The van der Waals surface area contributed by atoms with E-state index < -0.39 is 0 Å². The number of rotatable bonds is 5. The molecule has 0 aromatic heterocycles. The van der Waals surface area contributed by atoms with Gasteiger partial charge in [0.1, 0.15) is 5.75 Å². The van der Waals surface area contributed by atoms with Crippen molar-refractivity contribution in [2.75, 3.05) is 6.61 Å². The largest absolute Gasteiger partial charge is 0.484 e. The van der Waals surface area contributed by atoms with E-state index in [9.17, 15) is 4.79 Å². The fraction of sp³-hybridized carbons (Fsp3) is 0.176. The molecule has 0 heterocycles. The van der Waals surface area contributed by atoms with Crippen LogP contribution in [0.1, 0.15) is 16.7 Å². The number of carbonyl (C=O) groups excluding carboxylic acids is 1. The molecule has 0 radical (unpaired) electrons. The van der Waals surface area contributed by atoms with Crippen LogP contribution in [0.15, 0.2) is 41.5 Å². The highest BCUT2D eigenvalue weighted by Gasteiger charge is 2.04. The summed E-state index contributed by atoms with van der Waals surface area (Å²) in [5, 5.41) is 4.76. The van der Waals surface area contributed by atoms with Crippen LogP contribution in [0.4, 0.5) is 0 Å². The van der Waals surface area contributed by atoms with Crippen LogP contribution >= 0.6 is 23.2 Å². The van der Waals surface area contributed by atoms with Crippen molar-refractivity contribution in [1.29, 1.82) is 0 Å². The van der Waals surface area contributed by atoms with Gasteiger partial charge in [-0.05, 0) is 49.2 Å². The molecule has 0 spiro atoms. The number of nitrogens with one attached hydrogen (secondary N) is 1. The van der Waals surface area contributed by atoms with Crippen molar-refractivity contribution in [3.63, 3.8) is 0 Å². The molecule has 0 saturated carbocycles. The first-order chi connectivity index (χ1) is 11.0. The minimum Gasteiger partial charge on any atom is -0.484 e. The van der Waals surface area contributed by atoms with Crippen molar-refractivity contribution in [1.82, 2.24) is 5.43 Å². The average Bonchev–Trinajstić information content (AvgIpc) is 2.47. The van der Waals surface area contributed by atoms with Gasteiger partial charge >= 0.3 is 0 Å². The van der Waals surface area contributed by atoms with Crippen LogP contribution in [0.3, 0.4) is 0 Å². The molecule has 4 nitrogen and oxygen atoms in total. The number of amides is 1. The van der Waals surface area contributed by atoms with E-state index in [1.807, 2.05) is 32.0 Å². The van der Waals surface area contributed by atoms with Gasteiger partial charge in [0.15, 0.2) is 6.61 Å². The summed E-state index contributed by atoms with van der Waals surface area (Å²) in [7, 11) is 0. The second-order valence-electron chi connectivity index (χ2n) is 5.04. The maximum Gasteiger partial charge on any atom is 0.277 e. The summed E-state index contributed by atoms with van der Waals surface area (Å²) in [5.74, 6) is 0.277. The monoisotopic (exact) mass is 350 g/mol. The van der Waals surface area contributed by atoms with Crippen LogP contribution in [0.5, 0.6) is 5.75 Å². The molecule has 0 aliphatic carbocycles. The van der Waals surface area contributed by atoms with Gasteiger partial charge in [-0.3, -0.25) is 4.79 Å². The number of carbonyl (C=O) groups is 1. The molecule has 6 heteroatoms. The lowest BCUT2D eigenvalue weighted by Crippen LogP contribution is -2.24. The SMILES string of the molecule is Cc1cc(C)cc(OCC(=O)NN=Cc2c(Cl)cccc2Cl)c1. The van der Waals surface area contributed by atoms with Gasteiger partial charge < -0.3 is 4.74 Å². The number of hydrazone groups is 1. The molecule has 0 saturated heterocycles. The maximum absolute atomic E-state index is 11.7. The van der Waals surface area contributed by atoms with Gasteiger partial charge in [-0.15, -0.1) is 0 Å². The molecule has 2 aromatic rings. The van der Waals surface area contributed by atoms with E-state index in [0.717, 1.165) is 11.1 Å². The Morgan fingerprint density at radius 1 is 1.17 bits per heavy atom. The predicted octanol–water partition coefficient (Wildman–Crippen LogP) is 4.14. The van der Waals surface area contributed by atoms with Gasteiger partial charge in [0.25, 0.3) is 5.91 Å². The lowest BCUT2D eigenvalue weighted by Gasteiger charge is -2.07. The van der Waals surface area contributed by atoms with Crippen LogP contribution in [0.2, 0.25) is 10.0 Å². The minimum absolute atomic E-state index is 0.128. The fourth-order valence-electron chi connectivity index (χ4n) is 2.00. The zero-order valence-corrected chi connectivity index (χ0v) is 14.3. The highest BCUT2D eigenvalue weighted by Crippen LogP contribution is 2.22. The highest BCUT2D eigenvalue weighted by molar-refractivity contribution is 6.38. The van der Waals surface area contributed by atoms with Crippen molar-refractivity contribution in [3.8, 4) is 5.75 Å². The van der Waals surface area contributed by atoms with Crippen LogP contribution < -0.4 is 10.2 Å². The first-order valence-corrected chi connectivity index (χ1v) is 7.68. The summed E-state index contributed by atoms with van der Waals surface area (Å²) in [4.78, 5) is 11.7. The Hall–Kier alpha value is -2.04. The molecule has 2 aromatic carbocycles. The Kier molecular flexibility index (Phi) is 6.02. The molecule has 0 atom stereocenters. The zero-order chi connectivity index (χ0) is 16.8. The van der Waals surface area contributed by atoms with Crippen molar-refractivity contribution >= 4 is 35.3 Å². The van der Waals surface area contributed by atoms with Crippen LogP contribution in [0.25, 0.3) is 0 Å². The van der Waals surface area contributed by atoms with Crippen molar-refractivity contribution in [2.24, 2.45) is 5.10 Å². The van der Waals surface area contributed by atoms with E-state index in [1.54, 1.807) is 18.2 Å². The summed E-state index contributed by atoms with van der Waals surface area (Å²) in [6.07, 6.45) is 1.40. The standard InChI is InChI=1S/C17H16Cl2N2O2/c1-11-6-12(2)8-13(7-11)23-10-17(22)21-20-9-14-15(18)4-3-5-16(14)19/h3-9H,10H2,1-2H3,(H,21,22). The second-order valence-corrected chi connectivity index (χ2v) is 5.86. The van der Waals surface area contributed by atoms with Gasteiger partial charge in [0, 0.05) is 5.56 Å². The quantitative estimate of drug-likeness (QED) is 0.650. The molecule has 0 unspecified atom stereocenters. The molecule has 1 amide bonds. The molecule has 0 aliphatic rings. The topological polar surface area (TPSA) is 50.7 Å². The number of halogens is 2. The van der Waals surface area contributed by atoms with E-state index in [1.165, 1.54) is 6.21 Å². The van der Waals surface area contributed by atoms with Gasteiger partial charge in [-0.2, -0.15) is 5.10 Å². The summed E-state index contributed by atoms with van der Waals surface area (Å²) in [5.41, 5.74) is 5.07. The summed E-state index contributed by atoms with van der Waals surface area (Å²) >= 11 is 12.0. The number of aryl methyl sites for hydroxylation is 2. The molecular formula is C17H16Cl2N2O2. The number of hydrogen-bond donors (Lipinski definition) is 1. The Labute approximate surface area is 145 Å². The Morgan fingerprint density at radius 3 is 2.39 bits per heavy atom. The van der Waals surface area contributed by atoms with Crippen molar-refractivity contribution < 1.29 is 9.53 Å².